The highest BCUT2D eigenvalue weighted by atomic mass is 35.5. The fourth-order valence-electron chi connectivity index (χ4n) is 3.67. The average Bonchev–Trinajstić information content (AvgIpc) is 3.37. The Labute approximate surface area is 214 Å². The predicted octanol–water partition coefficient (Wildman–Crippen LogP) is 6.21. The van der Waals surface area contributed by atoms with E-state index in [-0.39, 0.29) is 15.7 Å². The van der Waals surface area contributed by atoms with Crippen LogP contribution in [0.25, 0.3) is 33.3 Å². The molecule has 182 valence electrons. The Morgan fingerprint density at radius 2 is 1.81 bits per heavy atom. The minimum absolute atomic E-state index is 0.0174. The zero-order valence-corrected chi connectivity index (χ0v) is 20.7. The number of fused-ring (bicyclic) bond motifs is 1. The van der Waals surface area contributed by atoms with Crippen LogP contribution in [0, 0.1) is 5.82 Å². The molecule has 0 atom stereocenters. The Morgan fingerprint density at radius 1 is 0.972 bits per heavy atom. The lowest BCUT2D eigenvalue weighted by molar-refractivity contribution is 0.416. The van der Waals surface area contributed by atoms with Gasteiger partial charge in [0.05, 0.1) is 28.2 Å². The standard InChI is InChI=1S/C24H15Cl2FN4O4S/c1-34-22-11-16(13-2-5-20(27)19(26)8-13)18(25)10-17(22)24-15-4-3-14(9-21(15)28-12-29-24)36(32,33)31-23-6-7-35-30-23/h2-12H,1H3,(H,30,31). The number of halogens is 3. The molecule has 0 spiro atoms. The molecule has 0 radical (unpaired) electrons. The van der Waals surface area contributed by atoms with Gasteiger partial charge in [-0.3, -0.25) is 4.72 Å². The van der Waals surface area contributed by atoms with E-state index in [1.165, 1.54) is 50.0 Å². The van der Waals surface area contributed by atoms with Crippen molar-refractivity contribution >= 4 is 49.9 Å². The number of methoxy groups -OCH3 is 1. The molecule has 2 heterocycles. The van der Waals surface area contributed by atoms with Gasteiger partial charge in [-0.1, -0.05) is 34.4 Å². The predicted molar refractivity (Wildman–Crippen MR) is 134 cm³/mol. The molecule has 8 nitrogen and oxygen atoms in total. The molecule has 0 aliphatic rings. The lowest BCUT2D eigenvalue weighted by Crippen LogP contribution is -2.13. The highest BCUT2D eigenvalue weighted by Crippen LogP contribution is 2.41. The van der Waals surface area contributed by atoms with Gasteiger partial charge < -0.3 is 9.26 Å². The molecule has 0 aliphatic heterocycles. The zero-order valence-electron chi connectivity index (χ0n) is 18.4. The van der Waals surface area contributed by atoms with Gasteiger partial charge in [0.25, 0.3) is 10.0 Å². The van der Waals surface area contributed by atoms with Gasteiger partial charge >= 0.3 is 0 Å². The summed E-state index contributed by atoms with van der Waals surface area (Å²) in [5, 5.41) is 4.47. The first-order valence-corrected chi connectivity index (χ1v) is 12.5. The summed E-state index contributed by atoms with van der Waals surface area (Å²) >= 11 is 12.5. The third kappa shape index (κ3) is 4.46. The van der Waals surface area contributed by atoms with Crippen LogP contribution in [0.15, 0.2) is 76.6 Å². The quantitative estimate of drug-likeness (QED) is 0.271. The maximum absolute atomic E-state index is 13.6. The van der Waals surface area contributed by atoms with Gasteiger partial charge in [-0.15, -0.1) is 0 Å². The van der Waals surface area contributed by atoms with Crippen molar-refractivity contribution in [1.82, 2.24) is 15.1 Å². The SMILES string of the molecule is COc1cc(-c2ccc(F)c(Cl)c2)c(Cl)cc1-c1ncnc2cc(S(=O)(=O)Nc3ccon3)ccc12. The molecule has 3 aromatic carbocycles. The Balaban J connectivity index is 1.60. The van der Waals surface area contributed by atoms with E-state index < -0.39 is 15.8 Å². The third-order valence-corrected chi connectivity index (χ3v) is 7.32. The number of sulfonamides is 1. The van der Waals surface area contributed by atoms with Crippen molar-refractivity contribution < 1.29 is 22.1 Å². The van der Waals surface area contributed by atoms with Crippen LogP contribution in [0.2, 0.25) is 10.0 Å². The second-order valence-corrected chi connectivity index (χ2v) is 10.0. The molecule has 12 heteroatoms. The Morgan fingerprint density at radius 3 is 2.53 bits per heavy atom. The minimum Gasteiger partial charge on any atom is -0.496 e. The highest BCUT2D eigenvalue weighted by Gasteiger charge is 2.20. The van der Waals surface area contributed by atoms with Crippen molar-refractivity contribution in [3.63, 3.8) is 0 Å². The number of ether oxygens (including phenoxy) is 1. The molecule has 0 unspecified atom stereocenters. The van der Waals surface area contributed by atoms with Crippen molar-refractivity contribution in [3.05, 3.63) is 83.1 Å². The molecule has 0 fully saturated rings. The summed E-state index contributed by atoms with van der Waals surface area (Å²) in [6, 6.07) is 13.5. The van der Waals surface area contributed by atoms with E-state index in [0.29, 0.717) is 44.1 Å². The van der Waals surface area contributed by atoms with Crippen LogP contribution in [0.1, 0.15) is 0 Å². The Hall–Kier alpha value is -3.73. The number of nitrogens with one attached hydrogen (secondary N) is 1. The molecule has 5 aromatic rings. The molecule has 2 aromatic heterocycles. The van der Waals surface area contributed by atoms with Gasteiger partial charge in [0, 0.05) is 27.6 Å². The van der Waals surface area contributed by atoms with Crippen molar-refractivity contribution in [2.24, 2.45) is 0 Å². The average molecular weight is 545 g/mol. The second-order valence-electron chi connectivity index (χ2n) is 7.55. The van der Waals surface area contributed by atoms with Gasteiger partial charge in [0.15, 0.2) is 5.82 Å². The molecular weight excluding hydrogens is 530 g/mol. The monoisotopic (exact) mass is 544 g/mol. The van der Waals surface area contributed by atoms with E-state index in [2.05, 4.69) is 24.4 Å². The van der Waals surface area contributed by atoms with Crippen LogP contribution >= 0.6 is 23.2 Å². The van der Waals surface area contributed by atoms with Crippen LogP contribution < -0.4 is 9.46 Å². The Kier molecular flexibility index (Phi) is 6.25. The molecule has 0 saturated heterocycles. The number of benzene rings is 3. The smallest absolute Gasteiger partial charge is 0.263 e. The maximum Gasteiger partial charge on any atom is 0.263 e. The van der Waals surface area contributed by atoms with Crippen LogP contribution in [-0.4, -0.2) is 30.7 Å². The molecule has 0 aliphatic carbocycles. The van der Waals surface area contributed by atoms with Crippen LogP contribution in [0.5, 0.6) is 5.75 Å². The molecule has 0 amide bonds. The van der Waals surface area contributed by atoms with E-state index in [4.69, 9.17) is 27.9 Å². The lowest BCUT2D eigenvalue weighted by atomic mass is 9.99. The normalized spacial score (nSPS) is 11.6. The molecule has 1 N–H and O–H groups in total. The van der Waals surface area contributed by atoms with Gasteiger partial charge in [-0.2, -0.15) is 0 Å². The topological polar surface area (TPSA) is 107 Å². The van der Waals surface area contributed by atoms with Crippen molar-refractivity contribution in [1.29, 1.82) is 0 Å². The first-order chi connectivity index (χ1) is 17.3. The van der Waals surface area contributed by atoms with Gasteiger partial charge in [-0.05, 0) is 48.0 Å². The number of rotatable bonds is 6. The van der Waals surface area contributed by atoms with Crippen LogP contribution in [0.3, 0.4) is 0 Å². The molecule has 0 bridgehead atoms. The van der Waals surface area contributed by atoms with Crippen LogP contribution in [-0.2, 0) is 10.0 Å². The van der Waals surface area contributed by atoms with E-state index in [0.717, 1.165) is 0 Å². The largest absolute Gasteiger partial charge is 0.496 e. The number of anilines is 1. The van der Waals surface area contributed by atoms with E-state index in [9.17, 15) is 12.8 Å². The zero-order chi connectivity index (χ0) is 25.4. The maximum atomic E-state index is 13.6. The summed E-state index contributed by atoms with van der Waals surface area (Å²) in [5.41, 5.74) is 2.62. The lowest BCUT2D eigenvalue weighted by Gasteiger charge is -2.14. The van der Waals surface area contributed by atoms with Gasteiger partial charge in [0.1, 0.15) is 24.2 Å². The summed E-state index contributed by atoms with van der Waals surface area (Å²) in [7, 11) is -2.43. The van der Waals surface area contributed by atoms with E-state index in [1.54, 1.807) is 24.3 Å². The summed E-state index contributed by atoms with van der Waals surface area (Å²) in [4.78, 5) is 8.62. The van der Waals surface area contributed by atoms with E-state index >= 15 is 0 Å². The first kappa shape index (κ1) is 24.0. The van der Waals surface area contributed by atoms with Crippen LogP contribution in [0.4, 0.5) is 10.2 Å². The molecular formula is C24H15Cl2FN4O4S. The number of aromatic nitrogens is 3. The van der Waals surface area contributed by atoms with E-state index in [1.807, 2.05) is 0 Å². The second kappa shape index (κ2) is 9.38. The summed E-state index contributed by atoms with van der Waals surface area (Å²) in [6.07, 6.45) is 2.58. The molecule has 36 heavy (non-hydrogen) atoms. The summed E-state index contributed by atoms with van der Waals surface area (Å²) < 4.78 is 51.8. The fourth-order valence-corrected chi connectivity index (χ4v) is 5.14. The minimum atomic E-state index is -3.93. The number of hydrogen-bond acceptors (Lipinski definition) is 7. The van der Waals surface area contributed by atoms with Crippen molar-refractivity contribution in [2.45, 2.75) is 4.90 Å². The van der Waals surface area contributed by atoms with Gasteiger partial charge in [0.2, 0.25) is 0 Å². The third-order valence-electron chi connectivity index (χ3n) is 5.37. The number of nitrogens with zero attached hydrogens (tertiary/aromatic N) is 3. The summed E-state index contributed by atoms with van der Waals surface area (Å²) in [6.45, 7) is 0. The van der Waals surface area contributed by atoms with Crippen molar-refractivity contribution in [3.8, 4) is 28.1 Å². The Bertz CT molecular complexity index is 1710. The van der Waals surface area contributed by atoms with Crippen molar-refractivity contribution in [2.75, 3.05) is 11.8 Å². The first-order valence-electron chi connectivity index (χ1n) is 10.3. The molecule has 5 rings (SSSR count). The highest BCUT2D eigenvalue weighted by molar-refractivity contribution is 7.92. The summed E-state index contributed by atoms with van der Waals surface area (Å²) in [5.74, 6) is -0.0372. The number of hydrogen-bond donors (Lipinski definition) is 1. The van der Waals surface area contributed by atoms with Gasteiger partial charge in [-0.25, -0.2) is 22.8 Å². The molecule has 0 saturated carbocycles. The fraction of sp³-hybridized carbons (Fsp3) is 0.0417.